The number of aliphatic carboxylic acids is 5. The van der Waals surface area contributed by atoms with Crippen molar-refractivity contribution in [1.82, 2.24) is 26.6 Å². The summed E-state index contributed by atoms with van der Waals surface area (Å²) in [5.74, 6) is -11.1. The first kappa shape index (κ1) is 93.0. The lowest BCUT2D eigenvalue weighted by molar-refractivity contribution is -0.145. The summed E-state index contributed by atoms with van der Waals surface area (Å²) in [6.07, 6.45) is 17.5. The zero-order valence-corrected chi connectivity index (χ0v) is 56.6. The summed E-state index contributed by atoms with van der Waals surface area (Å²) >= 11 is 1.23. The van der Waals surface area contributed by atoms with Crippen LogP contribution in [-0.2, 0) is 81.3 Å². The number of carbonyl (C=O) groups excluding carboxylic acids is 8. The number of carboxylic acids is 5. The Hall–Kier alpha value is -6.18. The molecule has 0 saturated heterocycles. The number of Topliss-reactive ketones (excluding diaryl/α,β-unsaturated/α-hetero) is 3. The van der Waals surface area contributed by atoms with Gasteiger partial charge >= 0.3 is 29.8 Å². The summed E-state index contributed by atoms with van der Waals surface area (Å²) in [4.78, 5) is 154. The van der Waals surface area contributed by atoms with E-state index in [0.717, 1.165) is 44.9 Å². The van der Waals surface area contributed by atoms with Gasteiger partial charge in [-0.2, -0.15) is 11.8 Å². The summed E-state index contributed by atoms with van der Waals surface area (Å²) < 4.78 is 21.3. The highest BCUT2D eigenvalue weighted by Crippen LogP contribution is 2.19. The highest BCUT2D eigenvalue weighted by molar-refractivity contribution is 7.99. The van der Waals surface area contributed by atoms with Gasteiger partial charge in [0.15, 0.2) is 0 Å². The average Bonchev–Trinajstić information content (AvgIpc) is 1.20. The van der Waals surface area contributed by atoms with Crippen LogP contribution in [0.25, 0.3) is 0 Å². The molecule has 0 bridgehead atoms. The van der Waals surface area contributed by atoms with Gasteiger partial charge in [0.2, 0.25) is 29.5 Å². The Morgan fingerprint density at radius 3 is 1.35 bits per heavy atom. The highest BCUT2D eigenvalue weighted by Gasteiger charge is 2.27. The molecule has 0 aromatic heterocycles. The number of nitrogens with two attached hydrogens (primary N) is 1. The zero-order valence-electron chi connectivity index (χ0n) is 55.8. The fourth-order valence-electron chi connectivity index (χ4n) is 8.91. The molecule has 0 rings (SSSR count). The molecule has 550 valence electrons. The van der Waals surface area contributed by atoms with Gasteiger partial charge in [-0.3, -0.25) is 52.7 Å². The van der Waals surface area contributed by atoms with Crippen LogP contribution in [0.15, 0.2) is 0 Å². The van der Waals surface area contributed by atoms with Crippen LogP contribution in [0.2, 0.25) is 0 Å². The van der Waals surface area contributed by atoms with Crippen molar-refractivity contribution in [2.45, 2.75) is 226 Å². The molecule has 95 heavy (non-hydrogen) atoms. The molecule has 0 saturated carbocycles. The van der Waals surface area contributed by atoms with Crippen LogP contribution in [0, 0.1) is 17.8 Å². The largest absolute Gasteiger partial charge is 0.481 e. The lowest BCUT2D eigenvalue weighted by Gasteiger charge is -2.16. The number of thioether (sulfide) groups is 1. The number of rotatable bonds is 64. The van der Waals surface area contributed by atoms with Crippen molar-refractivity contribution >= 4 is 88.5 Å². The van der Waals surface area contributed by atoms with Crippen molar-refractivity contribution < 1.29 is 112 Å². The first-order valence-electron chi connectivity index (χ1n) is 33.2. The summed E-state index contributed by atoms with van der Waals surface area (Å²) in [5, 5.41) is 68.6. The standard InChI is InChI=1S/C60H103N5O22S.C4H9NO.CH4/c1-2-44(50(68)38-46(39-66)58(78)79)42-88-43-55(73)61-28-20-19-21-48(59(80)81)65-54(72)41-87-36-34-85-32-30-63-53(71)40-86-35-33-84-31-29-62-51(69)27-24-45(57(76)77)37-47(67)25-26-49(60(82)83)64-52(70)22-17-15-13-11-9-7-5-3-4-6-8-10-12-14-16-18-23-56(74)75;1-3(5)4(2)6;/h44-46,48-49,66H,2-43H2,1H3,(H,61,73)(H,62,69)(H,63,71)(H,64,70)(H,65,72)(H,74,75)(H,76,77)(H,78,79)(H,80,81)(H,82,83);3H,5H2,1-2H3;1H4/t44-,45+,46-,48+,49+;3-;/m00./s1. The van der Waals surface area contributed by atoms with Gasteiger partial charge in [-0.05, 0) is 65.2 Å². The van der Waals surface area contributed by atoms with E-state index in [-0.39, 0.29) is 154 Å². The van der Waals surface area contributed by atoms with Gasteiger partial charge in [-0.25, -0.2) is 9.59 Å². The highest BCUT2D eigenvalue weighted by atomic mass is 32.2. The number of ketones is 3. The number of ether oxygens (including phenoxy) is 4. The Bertz CT molecular complexity index is 2190. The topological polar surface area (TPSA) is 466 Å². The molecule has 0 spiro atoms. The Kier molecular flexibility index (Phi) is 61.3. The molecule has 0 heterocycles. The van der Waals surface area contributed by atoms with Crippen LogP contribution < -0.4 is 32.3 Å². The van der Waals surface area contributed by atoms with Crippen LogP contribution in [0.1, 0.15) is 208 Å². The second kappa shape index (κ2) is 62.6. The Morgan fingerprint density at radius 1 is 0.442 bits per heavy atom. The number of amides is 5. The molecular formula is C65H116N6O23S. The van der Waals surface area contributed by atoms with Crippen molar-refractivity contribution in [3.8, 4) is 0 Å². The monoisotopic (exact) mass is 1380 g/mol. The van der Waals surface area contributed by atoms with Crippen molar-refractivity contribution in [3.63, 3.8) is 0 Å². The van der Waals surface area contributed by atoms with Crippen molar-refractivity contribution in [2.24, 2.45) is 23.5 Å². The van der Waals surface area contributed by atoms with E-state index in [2.05, 4.69) is 26.6 Å². The third-order valence-electron chi connectivity index (χ3n) is 14.8. The predicted octanol–water partition coefficient (Wildman–Crippen LogP) is 5.01. The molecule has 30 heteroatoms. The molecule has 0 aromatic carbocycles. The van der Waals surface area contributed by atoms with E-state index in [1.54, 1.807) is 13.8 Å². The fraction of sp³-hybridized carbons (Fsp3) is 0.800. The smallest absolute Gasteiger partial charge is 0.326 e. The number of hydrogen-bond acceptors (Lipinski definition) is 20. The molecular weight excluding hydrogens is 1260 g/mol. The molecule has 29 nitrogen and oxygen atoms in total. The molecule has 6 atom stereocenters. The molecule has 0 fully saturated rings. The Labute approximate surface area is 565 Å². The first-order valence-corrected chi connectivity index (χ1v) is 34.3. The van der Waals surface area contributed by atoms with Gasteiger partial charge in [-0.15, -0.1) is 0 Å². The first-order chi connectivity index (χ1) is 44.8. The van der Waals surface area contributed by atoms with E-state index in [1.165, 1.54) is 70.1 Å². The SMILES string of the molecule is C.CC(=O)[C@H](C)N.CC[C@@H](CSCC(=O)NCCCC[C@@H](NC(=O)COCCOCCNC(=O)COCCOCCNC(=O)CC[C@H](CC(=O)CC[C@@H](NC(=O)CCCCCCCCCCCCCCCCCCC(=O)O)C(=O)O)C(=O)O)C(=O)O)C(=O)C[C@@H](CO)C(=O)O. The predicted molar refractivity (Wildman–Crippen MR) is 355 cm³/mol. The summed E-state index contributed by atoms with van der Waals surface area (Å²) in [5.41, 5.74) is 5.09. The second-order valence-electron chi connectivity index (χ2n) is 23.1. The molecule has 0 unspecified atom stereocenters. The average molecular weight is 1380 g/mol. The lowest BCUT2D eigenvalue weighted by atomic mass is 9.94. The number of aliphatic hydroxyl groups is 1. The Morgan fingerprint density at radius 2 is 0.884 bits per heavy atom. The molecule has 0 aliphatic rings. The summed E-state index contributed by atoms with van der Waals surface area (Å²) in [6, 6.07) is -2.76. The summed E-state index contributed by atoms with van der Waals surface area (Å²) in [7, 11) is 0. The van der Waals surface area contributed by atoms with Crippen LogP contribution in [-0.4, -0.2) is 216 Å². The van der Waals surface area contributed by atoms with Gasteiger partial charge in [0.05, 0.1) is 69.9 Å². The third-order valence-corrected chi connectivity index (χ3v) is 15.9. The fourth-order valence-corrected chi connectivity index (χ4v) is 10.0. The van der Waals surface area contributed by atoms with Crippen LogP contribution >= 0.6 is 11.8 Å². The third kappa shape index (κ3) is 58.9. The van der Waals surface area contributed by atoms with Crippen molar-refractivity contribution in [3.05, 3.63) is 0 Å². The maximum absolute atomic E-state index is 12.7. The lowest BCUT2D eigenvalue weighted by Crippen LogP contribution is -2.42. The maximum atomic E-state index is 12.7. The van der Waals surface area contributed by atoms with E-state index >= 15 is 0 Å². The van der Waals surface area contributed by atoms with Crippen molar-refractivity contribution in [1.29, 1.82) is 0 Å². The number of carbonyl (C=O) groups is 13. The Balaban J connectivity index is -0.0000115. The minimum Gasteiger partial charge on any atom is -0.481 e. The number of unbranched alkanes of at least 4 members (excludes halogenated alkanes) is 16. The van der Waals surface area contributed by atoms with Gasteiger partial charge in [0.1, 0.15) is 42.6 Å². The second-order valence-corrected chi connectivity index (χ2v) is 24.1. The zero-order chi connectivity index (χ0) is 70.7. The van der Waals surface area contributed by atoms with E-state index < -0.39 is 109 Å². The molecule has 0 aromatic rings. The number of nitrogens with one attached hydrogen (secondary N) is 5. The van der Waals surface area contributed by atoms with Crippen molar-refractivity contribution in [2.75, 3.05) is 90.6 Å². The molecule has 0 aliphatic carbocycles. The van der Waals surface area contributed by atoms with Gasteiger partial charge in [0, 0.05) is 69.8 Å². The number of carboxylic acid groups (broad SMARTS) is 5. The van der Waals surface area contributed by atoms with E-state index in [0.29, 0.717) is 31.4 Å². The molecule has 0 radical (unpaired) electrons. The molecule has 5 amide bonds. The van der Waals surface area contributed by atoms with Crippen LogP contribution in [0.4, 0.5) is 0 Å². The number of aliphatic hydroxyl groups excluding tert-OH is 1. The summed E-state index contributed by atoms with van der Waals surface area (Å²) in [6.45, 7) is 4.62. The van der Waals surface area contributed by atoms with Crippen LogP contribution in [0.5, 0.6) is 0 Å². The van der Waals surface area contributed by atoms with E-state index in [9.17, 15) is 82.8 Å². The van der Waals surface area contributed by atoms with Gasteiger partial charge in [-0.1, -0.05) is 104 Å². The number of hydrogen-bond donors (Lipinski definition) is 12. The minimum atomic E-state index is -1.30. The van der Waals surface area contributed by atoms with E-state index in [4.69, 9.17) is 34.9 Å². The normalized spacial score (nSPS) is 12.8. The van der Waals surface area contributed by atoms with E-state index in [1.807, 2.05) is 0 Å². The van der Waals surface area contributed by atoms with Gasteiger partial charge in [0.25, 0.3) is 0 Å². The minimum absolute atomic E-state index is 0. The quantitative estimate of drug-likeness (QED) is 0.0356. The molecule has 13 N–H and O–H groups in total. The van der Waals surface area contributed by atoms with Crippen LogP contribution in [0.3, 0.4) is 0 Å². The van der Waals surface area contributed by atoms with Gasteiger partial charge < -0.3 is 81.9 Å². The maximum Gasteiger partial charge on any atom is 0.326 e. The molecule has 0 aliphatic heterocycles.